The van der Waals surface area contributed by atoms with Crippen molar-refractivity contribution in [3.05, 3.63) is 166 Å². The van der Waals surface area contributed by atoms with Crippen LogP contribution in [-0.4, -0.2) is 9.13 Å². The van der Waals surface area contributed by atoms with Gasteiger partial charge in [-0.2, -0.15) is 9.13 Å². The number of hydrogen-bond acceptors (Lipinski definition) is 0. The van der Waals surface area contributed by atoms with Crippen molar-refractivity contribution in [1.29, 1.82) is 0 Å². The Morgan fingerprint density at radius 3 is 0.765 bits per heavy atom. The molecule has 5 heterocycles. The van der Waals surface area contributed by atoms with Gasteiger partial charge in [-0.15, -0.1) is 0 Å². The van der Waals surface area contributed by atoms with Gasteiger partial charge in [0.25, 0.3) is 0 Å². The highest BCUT2D eigenvalue weighted by atomic mass is 15.0. The lowest BCUT2D eigenvalue weighted by Gasteiger charge is -2.13. The van der Waals surface area contributed by atoms with Crippen LogP contribution in [0.4, 0.5) is 0 Å². The maximum Gasteiger partial charge on any atom is 0.223 e. The Labute approximate surface area is 406 Å². The van der Waals surface area contributed by atoms with Gasteiger partial charge in [-0.1, -0.05) is 177 Å². The summed E-state index contributed by atoms with van der Waals surface area (Å²) in [6.07, 6.45) is 7.35. The Morgan fingerprint density at radius 1 is 0.294 bits per heavy atom. The molecule has 2 aliphatic rings. The number of benzene rings is 4. The zero-order valence-electron chi connectivity index (χ0n) is 43.0. The first-order valence-corrected chi connectivity index (χ1v) is 25.7. The zero-order chi connectivity index (χ0) is 48.0. The van der Waals surface area contributed by atoms with Crippen LogP contribution in [-0.2, 0) is 53.9 Å². The van der Waals surface area contributed by atoms with Crippen LogP contribution in [0.1, 0.15) is 126 Å². The fourth-order valence-electron chi connectivity index (χ4n) is 12.8. The molecule has 0 amide bonds. The third-order valence-corrected chi connectivity index (χ3v) is 15.4. The van der Waals surface area contributed by atoms with Crippen molar-refractivity contribution in [2.45, 2.75) is 107 Å². The summed E-state index contributed by atoms with van der Waals surface area (Å²) < 4.78 is 10.5. The highest BCUT2D eigenvalue weighted by Crippen LogP contribution is 2.50. The quantitative estimate of drug-likeness (QED) is 0.109. The van der Waals surface area contributed by atoms with Gasteiger partial charge in [0.05, 0.1) is 33.2 Å². The van der Waals surface area contributed by atoms with Crippen molar-refractivity contribution in [1.82, 2.24) is 9.13 Å². The predicted molar refractivity (Wildman–Crippen MR) is 291 cm³/mol. The van der Waals surface area contributed by atoms with Gasteiger partial charge >= 0.3 is 0 Å². The van der Waals surface area contributed by atoms with E-state index in [1.54, 1.807) is 0 Å². The van der Waals surface area contributed by atoms with Gasteiger partial charge in [-0.25, -0.2) is 0 Å². The second-order valence-corrected chi connectivity index (χ2v) is 18.6. The molecule has 0 radical (unpaired) electrons. The van der Waals surface area contributed by atoms with E-state index in [1.807, 2.05) is 0 Å². The summed E-state index contributed by atoms with van der Waals surface area (Å²) in [6.45, 7) is 19.0. The van der Waals surface area contributed by atoms with Crippen LogP contribution in [0.2, 0.25) is 0 Å². The minimum atomic E-state index is 0.919. The third kappa shape index (κ3) is 7.08. The molecular weight excluding hydrogens is 825 g/mol. The molecule has 0 aliphatic carbocycles. The number of aryl methyl sites for hydroxylation is 6. The summed E-state index contributed by atoms with van der Waals surface area (Å²) in [5.74, 6) is 0. The monoisotopic (exact) mass is 897 g/mol. The molecule has 2 aliphatic heterocycles. The summed E-state index contributed by atoms with van der Waals surface area (Å²) in [7, 11) is 9.50. The maximum absolute atomic E-state index is 2.63. The Morgan fingerprint density at radius 2 is 0.515 bits per heavy atom. The van der Waals surface area contributed by atoms with Gasteiger partial charge in [-0.3, -0.25) is 0 Å². The molecule has 0 unspecified atom stereocenters. The van der Waals surface area contributed by atoms with Crippen molar-refractivity contribution in [2.75, 3.05) is 0 Å². The van der Waals surface area contributed by atoms with Crippen molar-refractivity contribution >= 4 is 44.4 Å². The minimum Gasteiger partial charge on any atom is -0.343 e. The molecule has 0 fully saturated rings. The van der Waals surface area contributed by atoms with Gasteiger partial charge in [-0.05, 0) is 95.9 Å². The Balaban J connectivity index is 1.79. The van der Waals surface area contributed by atoms with E-state index < -0.39 is 0 Å². The second-order valence-electron chi connectivity index (χ2n) is 18.6. The summed E-state index contributed by atoms with van der Waals surface area (Å²) >= 11 is 0. The SMILES string of the molecule is CCC1=C(CC)c2c(-c3ccccc3)c3c(CC)c(CC)c(c(-c4ccccc4)c4c(CC)c(CC)c(c(-c5ccccc5)c5[n+](C)c(c(-c6ccccc6)c1[n+]2C)C(CC)=C5CC)n4C)n3C. The second kappa shape index (κ2) is 19.2. The fourth-order valence-corrected chi connectivity index (χ4v) is 12.8. The van der Waals surface area contributed by atoms with Crippen LogP contribution in [0.15, 0.2) is 121 Å². The fraction of sp³-hybridized carbons (Fsp3) is 0.312. The van der Waals surface area contributed by atoms with E-state index in [4.69, 9.17) is 0 Å². The van der Waals surface area contributed by atoms with E-state index in [9.17, 15) is 0 Å². The van der Waals surface area contributed by atoms with Crippen LogP contribution in [0.25, 0.3) is 88.9 Å². The summed E-state index contributed by atoms with van der Waals surface area (Å²) in [5, 5.41) is 0. The van der Waals surface area contributed by atoms with E-state index in [0.717, 1.165) is 51.4 Å². The van der Waals surface area contributed by atoms with Crippen molar-refractivity contribution in [2.24, 2.45) is 28.2 Å². The van der Waals surface area contributed by atoms with Gasteiger partial charge in [0.1, 0.15) is 19.7 Å². The molecule has 0 saturated carbocycles. The molecular formula is C64H72N4+2. The number of hydrogen-bond donors (Lipinski definition) is 0. The first kappa shape index (κ1) is 46.6. The average molecular weight is 897 g/mol. The minimum absolute atomic E-state index is 0.919. The molecule has 0 N–H and O–H groups in total. The van der Waals surface area contributed by atoms with Crippen LogP contribution < -0.4 is 9.13 Å². The third-order valence-electron chi connectivity index (χ3n) is 15.4. The van der Waals surface area contributed by atoms with E-state index in [0.29, 0.717) is 0 Å². The maximum atomic E-state index is 2.63. The van der Waals surface area contributed by atoms with Crippen LogP contribution in [0, 0.1) is 0 Å². The molecule has 4 nitrogen and oxygen atoms in total. The molecule has 9 rings (SSSR count). The molecule has 4 heteroatoms. The van der Waals surface area contributed by atoms with Crippen LogP contribution in [0.3, 0.4) is 0 Å². The molecule has 4 aromatic carbocycles. The van der Waals surface area contributed by atoms with E-state index >= 15 is 0 Å². The molecule has 346 valence electrons. The molecule has 0 atom stereocenters. The van der Waals surface area contributed by atoms with Crippen molar-refractivity contribution < 1.29 is 9.13 Å². The number of nitrogens with zero attached hydrogens (tertiary/aromatic N) is 4. The average Bonchev–Trinajstić information content (AvgIpc) is 4.03. The Kier molecular flexibility index (Phi) is 13.2. The standard InChI is InChI=1S/C64H72N4/c1-13-45-46(14-2)58-54(42-35-27-22-28-36-42)60-49(17-5)50(18-6)62(67(60)11)56(44-39-31-24-32-40-44)64-52(20-8)51(19-7)63(68(64)12)55(43-37-29-23-30-38-43)61-48(16-4)47(15-3)59(66(61)10)53(57(45)65(58)9)41-33-25-21-26-34-41/h21-40H,13-20H2,1-12H3/q+2. The normalized spacial score (nSPS) is 12.8. The lowest BCUT2D eigenvalue weighted by atomic mass is 9.89. The Bertz CT molecular complexity index is 3120. The largest absolute Gasteiger partial charge is 0.343 e. The number of rotatable bonds is 12. The number of fused-ring (bicyclic) bond motifs is 8. The molecule has 0 saturated heterocycles. The highest BCUT2D eigenvalue weighted by molar-refractivity contribution is 6.08. The Hall–Kier alpha value is -6.52. The van der Waals surface area contributed by atoms with Crippen LogP contribution in [0.5, 0.6) is 0 Å². The molecule has 8 bridgehead atoms. The highest BCUT2D eigenvalue weighted by Gasteiger charge is 2.42. The van der Waals surface area contributed by atoms with Crippen molar-refractivity contribution in [3.63, 3.8) is 0 Å². The summed E-state index contributed by atoms with van der Waals surface area (Å²) in [4.78, 5) is 0. The molecule has 3 aromatic heterocycles. The van der Waals surface area contributed by atoms with E-state index in [-0.39, 0.29) is 0 Å². The summed E-state index contributed by atoms with van der Waals surface area (Å²) in [5.41, 5.74) is 32.3. The molecule has 68 heavy (non-hydrogen) atoms. The van der Waals surface area contributed by atoms with E-state index in [2.05, 4.69) is 223 Å². The lowest BCUT2D eigenvalue weighted by Crippen LogP contribution is -2.37. The molecule has 7 aromatic rings. The number of aromatic nitrogens is 4. The van der Waals surface area contributed by atoms with Gasteiger partial charge in [0.2, 0.25) is 22.8 Å². The van der Waals surface area contributed by atoms with Gasteiger partial charge in [0.15, 0.2) is 0 Å². The van der Waals surface area contributed by atoms with Crippen molar-refractivity contribution in [3.8, 4) is 44.5 Å². The summed E-state index contributed by atoms with van der Waals surface area (Å²) in [6, 6.07) is 45.3. The van der Waals surface area contributed by atoms with Gasteiger partial charge in [0, 0.05) is 42.0 Å². The van der Waals surface area contributed by atoms with E-state index in [1.165, 1.54) is 134 Å². The topological polar surface area (TPSA) is 17.6 Å². The first-order chi connectivity index (χ1) is 33.2. The van der Waals surface area contributed by atoms with Gasteiger partial charge < -0.3 is 9.13 Å². The molecule has 0 spiro atoms. The smallest absolute Gasteiger partial charge is 0.223 e. The number of allylic oxidation sites excluding steroid dienone is 4. The van der Waals surface area contributed by atoms with Crippen LogP contribution >= 0.6 is 0 Å². The lowest BCUT2D eigenvalue weighted by molar-refractivity contribution is -0.677. The zero-order valence-corrected chi connectivity index (χ0v) is 43.0. The first-order valence-electron chi connectivity index (χ1n) is 25.7. The predicted octanol–water partition coefficient (Wildman–Crippen LogP) is 15.6.